The van der Waals surface area contributed by atoms with E-state index in [1.54, 1.807) is 0 Å². The van der Waals surface area contributed by atoms with Gasteiger partial charge in [-0.25, -0.2) is 0 Å². The summed E-state index contributed by atoms with van der Waals surface area (Å²) in [6, 6.07) is 0. The van der Waals surface area contributed by atoms with Crippen LogP contribution in [0.5, 0.6) is 0 Å². The lowest BCUT2D eigenvalue weighted by molar-refractivity contribution is -0.143. The Morgan fingerprint density at radius 1 is 1.00 bits per heavy atom. The fourth-order valence-corrected chi connectivity index (χ4v) is 1.51. The zero-order chi connectivity index (χ0) is 6.81. The SMILES string of the molecule is C1CCN(C2OCCO2)C1. The highest BCUT2D eigenvalue weighted by Crippen LogP contribution is 2.16. The van der Waals surface area contributed by atoms with Crippen molar-refractivity contribution in [1.82, 2.24) is 4.90 Å². The molecule has 0 bridgehead atoms. The zero-order valence-electron chi connectivity index (χ0n) is 6.08. The lowest BCUT2D eigenvalue weighted by Gasteiger charge is -2.20. The van der Waals surface area contributed by atoms with Gasteiger partial charge in [0.2, 0.25) is 6.41 Å². The summed E-state index contributed by atoms with van der Waals surface area (Å²) in [7, 11) is 0. The molecule has 0 atom stereocenters. The highest BCUT2D eigenvalue weighted by molar-refractivity contribution is 4.66. The van der Waals surface area contributed by atoms with Gasteiger partial charge in [0, 0.05) is 13.1 Å². The van der Waals surface area contributed by atoms with Crippen LogP contribution in [0.1, 0.15) is 12.8 Å². The van der Waals surface area contributed by atoms with E-state index < -0.39 is 0 Å². The fraction of sp³-hybridized carbons (Fsp3) is 1.00. The van der Waals surface area contributed by atoms with Crippen LogP contribution in [0.15, 0.2) is 0 Å². The van der Waals surface area contributed by atoms with Gasteiger partial charge < -0.3 is 9.47 Å². The molecule has 3 nitrogen and oxygen atoms in total. The molecule has 0 aliphatic carbocycles. The van der Waals surface area contributed by atoms with Gasteiger partial charge in [0.05, 0.1) is 13.2 Å². The molecule has 2 rings (SSSR count). The van der Waals surface area contributed by atoms with E-state index >= 15 is 0 Å². The standard InChI is InChI=1S/C7H13NO2/c1-2-4-8(3-1)7-9-5-6-10-7/h7H,1-6H2. The molecule has 0 aromatic rings. The van der Waals surface area contributed by atoms with Crippen LogP contribution in [0.2, 0.25) is 0 Å². The van der Waals surface area contributed by atoms with Crippen molar-refractivity contribution in [1.29, 1.82) is 0 Å². The summed E-state index contributed by atoms with van der Waals surface area (Å²) in [4.78, 5) is 2.26. The molecule has 10 heavy (non-hydrogen) atoms. The minimum atomic E-state index is -0.0116. The van der Waals surface area contributed by atoms with Crippen LogP contribution in [0.3, 0.4) is 0 Å². The van der Waals surface area contributed by atoms with Gasteiger partial charge in [-0.15, -0.1) is 0 Å². The number of likely N-dealkylation sites (tertiary alicyclic amines) is 1. The third-order valence-corrected chi connectivity index (χ3v) is 2.04. The molecular formula is C7H13NO2. The van der Waals surface area contributed by atoms with E-state index in [0.717, 1.165) is 26.3 Å². The average Bonchev–Trinajstić information content (AvgIpc) is 2.59. The lowest BCUT2D eigenvalue weighted by Crippen LogP contribution is -2.33. The van der Waals surface area contributed by atoms with E-state index in [-0.39, 0.29) is 6.41 Å². The third-order valence-electron chi connectivity index (χ3n) is 2.04. The Hall–Kier alpha value is -0.120. The van der Waals surface area contributed by atoms with Gasteiger partial charge in [-0.3, -0.25) is 4.90 Å². The lowest BCUT2D eigenvalue weighted by atomic mass is 10.4. The molecule has 0 N–H and O–H groups in total. The smallest absolute Gasteiger partial charge is 0.218 e. The molecule has 0 unspecified atom stereocenters. The van der Waals surface area contributed by atoms with Gasteiger partial charge in [-0.05, 0) is 12.8 Å². The first kappa shape index (κ1) is 6.58. The predicted octanol–water partition coefficient (Wildman–Crippen LogP) is 0.413. The zero-order valence-corrected chi connectivity index (χ0v) is 6.08. The van der Waals surface area contributed by atoms with E-state index in [9.17, 15) is 0 Å². The molecule has 0 radical (unpaired) electrons. The molecule has 2 aliphatic rings. The van der Waals surface area contributed by atoms with Gasteiger partial charge in [-0.1, -0.05) is 0 Å². The maximum absolute atomic E-state index is 5.34. The number of nitrogens with zero attached hydrogens (tertiary/aromatic N) is 1. The van der Waals surface area contributed by atoms with Crippen LogP contribution in [0.25, 0.3) is 0 Å². The summed E-state index contributed by atoms with van der Waals surface area (Å²) < 4.78 is 10.7. The Bertz CT molecular complexity index is 92.2. The Morgan fingerprint density at radius 2 is 1.60 bits per heavy atom. The molecule has 2 saturated heterocycles. The summed E-state index contributed by atoms with van der Waals surface area (Å²) in [5, 5.41) is 0. The maximum atomic E-state index is 5.34. The highest BCUT2D eigenvalue weighted by atomic mass is 16.7. The first-order valence-electron chi connectivity index (χ1n) is 3.94. The summed E-state index contributed by atoms with van der Waals surface area (Å²) in [6.45, 7) is 3.82. The van der Waals surface area contributed by atoms with E-state index in [1.165, 1.54) is 12.8 Å². The van der Waals surface area contributed by atoms with Crippen molar-refractivity contribution in [3.05, 3.63) is 0 Å². The Morgan fingerprint density at radius 3 is 2.20 bits per heavy atom. The Balaban J connectivity index is 1.85. The summed E-state index contributed by atoms with van der Waals surface area (Å²) >= 11 is 0. The first-order valence-corrected chi connectivity index (χ1v) is 3.94. The van der Waals surface area contributed by atoms with E-state index in [2.05, 4.69) is 4.90 Å². The van der Waals surface area contributed by atoms with Crippen molar-refractivity contribution in [2.45, 2.75) is 19.3 Å². The molecule has 0 spiro atoms. The highest BCUT2D eigenvalue weighted by Gasteiger charge is 2.25. The second-order valence-electron chi connectivity index (χ2n) is 2.79. The van der Waals surface area contributed by atoms with Gasteiger partial charge >= 0.3 is 0 Å². The van der Waals surface area contributed by atoms with Crippen LogP contribution < -0.4 is 0 Å². The van der Waals surface area contributed by atoms with Crippen LogP contribution in [-0.4, -0.2) is 37.6 Å². The van der Waals surface area contributed by atoms with Crippen LogP contribution in [0, 0.1) is 0 Å². The minimum Gasteiger partial charge on any atom is -0.337 e. The second kappa shape index (κ2) is 2.86. The normalized spacial score (nSPS) is 30.0. The van der Waals surface area contributed by atoms with Gasteiger partial charge in [0.25, 0.3) is 0 Å². The van der Waals surface area contributed by atoms with Crippen molar-refractivity contribution in [2.75, 3.05) is 26.3 Å². The molecule has 58 valence electrons. The third kappa shape index (κ3) is 1.17. The van der Waals surface area contributed by atoms with E-state index in [1.807, 2.05) is 0 Å². The molecule has 0 amide bonds. The minimum absolute atomic E-state index is 0.0116. The van der Waals surface area contributed by atoms with Gasteiger partial charge in [0.15, 0.2) is 0 Å². The number of rotatable bonds is 1. The van der Waals surface area contributed by atoms with E-state index in [0.29, 0.717) is 0 Å². The quantitative estimate of drug-likeness (QED) is 0.530. The monoisotopic (exact) mass is 143 g/mol. The Kier molecular flexibility index (Phi) is 1.88. The molecule has 2 heterocycles. The number of ether oxygens (including phenoxy) is 2. The number of hydrogen-bond donors (Lipinski definition) is 0. The molecular weight excluding hydrogens is 130 g/mol. The Labute approximate surface area is 60.9 Å². The summed E-state index contributed by atoms with van der Waals surface area (Å²) in [5.74, 6) is 0. The number of hydrogen-bond acceptors (Lipinski definition) is 3. The molecule has 3 heteroatoms. The predicted molar refractivity (Wildman–Crippen MR) is 36.5 cm³/mol. The largest absolute Gasteiger partial charge is 0.337 e. The van der Waals surface area contributed by atoms with Crippen LogP contribution >= 0.6 is 0 Å². The molecule has 0 saturated carbocycles. The summed E-state index contributed by atoms with van der Waals surface area (Å²) in [6.07, 6.45) is 2.58. The van der Waals surface area contributed by atoms with Crippen LogP contribution in [0.4, 0.5) is 0 Å². The molecule has 2 fully saturated rings. The van der Waals surface area contributed by atoms with Crippen molar-refractivity contribution < 1.29 is 9.47 Å². The average molecular weight is 143 g/mol. The van der Waals surface area contributed by atoms with Crippen molar-refractivity contribution >= 4 is 0 Å². The van der Waals surface area contributed by atoms with Crippen molar-refractivity contribution in [3.63, 3.8) is 0 Å². The second-order valence-corrected chi connectivity index (χ2v) is 2.79. The molecule has 2 aliphatic heterocycles. The topological polar surface area (TPSA) is 21.7 Å². The van der Waals surface area contributed by atoms with Crippen LogP contribution in [-0.2, 0) is 9.47 Å². The fourth-order valence-electron chi connectivity index (χ4n) is 1.51. The molecule has 0 aromatic carbocycles. The van der Waals surface area contributed by atoms with Crippen molar-refractivity contribution in [3.8, 4) is 0 Å². The van der Waals surface area contributed by atoms with Gasteiger partial charge in [0.1, 0.15) is 0 Å². The summed E-state index contributed by atoms with van der Waals surface area (Å²) in [5.41, 5.74) is 0. The molecule has 0 aromatic heterocycles. The van der Waals surface area contributed by atoms with Gasteiger partial charge in [-0.2, -0.15) is 0 Å². The first-order chi connectivity index (χ1) is 4.97. The maximum Gasteiger partial charge on any atom is 0.218 e. The van der Waals surface area contributed by atoms with E-state index in [4.69, 9.17) is 9.47 Å². The van der Waals surface area contributed by atoms with Crippen molar-refractivity contribution in [2.24, 2.45) is 0 Å².